The summed E-state index contributed by atoms with van der Waals surface area (Å²) in [7, 11) is 0. The molecular formula is C76H48N6O. The van der Waals surface area contributed by atoms with Gasteiger partial charge in [-0.05, 0) is 114 Å². The molecule has 0 amide bonds. The summed E-state index contributed by atoms with van der Waals surface area (Å²) in [5, 5.41) is 12.0. The van der Waals surface area contributed by atoms with Crippen molar-refractivity contribution >= 4 is 65.0 Å². The number of hydrogen-bond donors (Lipinski definition) is 0. The van der Waals surface area contributed by atoms with Crippen LogP contribution in [0.15, 0.2) is 296 Å². The summed E-state index contributed by atoms with van der Waals surface area (Å²) >= 11 is 0. The second-order valence-electron chi connectivity index (χ2n) is 20.7. The third-order valence-corrected chi connectivity index (χ3v) is 15.4. The fraction of sp³-hybridized carbons (Fsp3) is 0. The molecular weight excluding hydrogens is 1010 g/mol. The van der Waals surface area contributed by atoms with Gasteiger partial charge in [0.05, 0.1) is 0 Å². The van der Waals surface area contributed by atoms with E-state index < -0.39 is 0 Å². The number of hydrogen-bond acceptors (Lipinski definition) is 7. The molecule has 16 aromatic rings. The van der Waals surface area contributed by atoms with E-state index in [0.717, 1.165) is 71.8 Å². The Morgan fingerprint density at radius 3 is 1.08 bits per heavy atom. The number of fused-ring (bicyclic) bond motifs is 8. The Morgan fingerprint density at radius 2 is 0.518 bits per heavy atom. The molecule has 0 N–H and O–H groups in total. The molecule has 0 bridgehead atoms. The summed E-state index contributed by atoms with van der Waals surface area (Å²) in [5.74, 6) is 3.93. The highest BCUT2D eigenvalue weighted by atomic mass is 16.3. The molecule has 7 nitrogen and oxygen atoms in total. The van der Waals surface area contributed by atoms with Gasteiger partial charge in [-0.3, -0.25) is 0 Å². The number of benzene rings is 13. The fourth-order valence-corrected chi connectivity index (χ4v) is 11.1. The maximum absolute atomic E-state index is 6.23. The molecule has 0 atom stereocenters. The van der Waals surface area contributed by atoms with Crippen LogP contribution in [0.25, 0.3) is 156 Å². The Hall–Kier alpha value is -11.3. The van der Waals surface area contributed by atoms with E-state index in [0.29, 0.717) is 34.9 Å². The lowest BCUT2D eigenvalue weighted by Gasteiger charge is -2.10. The SMILES string of the molecule is c1ccc(-c2nc(-c3ccccc3)nc(-c3ccc4ccc(-c5ccc6ccc7ccccc7c6c5)cc4c3)n2)cc1.c1ccc(-c2nc(-c3ccccc3)nc(-c3cccc(-c4ccc5oc6cc7ccccc7cc6c5c4)c3)n2)cc1. The van der Waals surface area contributed by atoms with E-state index in [9.17, 15) is 0 Å². The Kier molecular flexibility index (Phi) is 12.4. The van der Waals surface area contributed by atoms with Crippen LogP contribution in [0.1, 0.15) is 0 Å². The van der Waals surface area contributed by atoms with Gasteiger partial charge in [0.2, 0.25) is 0 Å². The molecule has 0 aliphatic rings. The topological polar surface area (TPSA) is 90.5 Å². The van der Waals surface area contributed by atoms with E-state index in [1.807, 2.05) is 121 Å². The summed E-state index contributed by atoms with van der Waals surface area (Å²) < 4.78 is 6.23. The highest BCUT2D eigenvalue weighted by molar-refractivity contribution is 6.11. The van der Waals surface area contributed by atoms with Crippen molar-refractivity contribution in [3.63, 3.8) is 0 Å². The average molecular weight is 1060 g/mol. The normalized spacial score (nSPS) is 11.4. The van der Waals surface area contributed by atoms with Gasteiger partial charge in [-0.15, -0.1) is 0 Å². The largest absolute Gasteiger partial charge is 0.456 e. The molecule has 0 spiro atoms. The van der Waals surface area contributed by atoms with Crippen molar-refractivity contribution in [2.24, 2.45) is 0 Å². The van der Waals surface area contributed by atoms with Crippen LogP contribution in [0.5, 0.6) is 0 Å². The van der Waals surface area contributed by atoms with Gasteiger partial charge in [-0.25, -0.2) is 29.9 Å². The van der Waals surface area contributed by atoms with Gasteiger partial charge in [0.1, 0.15) is 11.2 Å². The van der Waals surface area contributed by atoms with Crippen LogP contribution in [0.4, 0.5) is 0 Å². The molecule has 0 unspecified atom stereocenters. The van der Waals surface area contributed by atoms with E-state index in [1.165, 1.54) is 48.8 Å². The Morgan fingerprint density at radius 1 is 0.169 bits per heavy atom. The number of rotatable bonds is 8. The molecule has 0 saturated heterocycles. The van der Waals surface area contributed by atoms with Gasteiger partial charge in [0.15, 0.2) is 34.9 Å². The Labute approximate surface area is 478 Å². The van der Waals surface area contributed by atoms with Gasteiger partial charge in [-0.2, -0.15) is 0 Å². The van der Waals surface area contributed by atoms with Gasteiger partial charge in [-0.1, -0.05) is 243 Å². The van der Waals surface area contributed by atoms with Crippen molar-refractivity contribution in [2.75, 3.05) is 0 Å². The number of nitrogens with zero attached hydrogens (tertiary/aromatic N) is 6. The van der Waals surface area contributed by atoms with Crippen molar-refractivity contribution in [1.29, 1.82) is 0 Å². The van der Waals surface area contributed by atoms with Crippen molar-refractivity contribution in [3.05, 3.63) is 291 Å². The van der Waals surface area contributed by atoms with E-state index in [4.69, 9.17) is 34.3 Å². The smallest absolute Gasteiger partial charge is 0.164 e. The van der Waals surface area contributed by atoms with Crippen LogP contribution in [0.2, 0.25) is 0 Å². The molecule has 0 aliphatic carbocycles. The Bertz CT molecular complexity index is 4970. The van der Waals surface area contributed by atoms with Gasteiger partial charge in [0, 0.05) is 44.2 Å². The molecule has 0 saturated carbocycles. The minimum Gasteiger partial charge on any atom is -0.456 e. The zero-order valence-electron chi connectivity index (χ0n) is 44.8. The van der Waals surface area contributed by atoms with Crippen molar-refractivity contribution in [2.45, 2.75) is 0 Å². The zero-order valence-corrected chi connectivity index (χ0v) is 44.8. The molecule has 16 rings (SSSR count). The average Bonchev–Trinajstić information content (AvgIpc) is 4.19. The summed E-state index contributed by atoms with van der Waals surface area (Å²) in [5.41, 5.74) is 12.1. The van der Waals surface area contributed by atoms with E-state index in [1.54, 1.807) is 0 Å². The maximum Gasteiger partial charge on any atom is 0.164 e. The molecule has 83 heavy (non-hydrogen) atoms. The summed E-state index contributed by atoms with van der Waals surface area (Å²) in [6.07, 6.45) is 0. The quantitative estimate of drug-likeness (QED) is 0.140. The van der Waals surface area contributed by atoms with Crippen LogP contribution in [-0.2, 0) is 0 Å². The monoisotopic (exact) mass is 1060 g/mol. The first-order valence-electron chi connectivity index (χ1n) is 27.7. The Balaban J connectivity index is 0.000000142. The first-order chi connectivity index (χ1) is 41.1. The van der Waals surface area contributed by atoms with Crippen LogP contribution in [0.3, 0.4) is 0 Å². The second kappa shape index (κ2) is 21.1. The predicted octanol–water partition coefficient (Wildman–Crippen LogP) is 19.6. The first-order valence-corrected chi connectivity index (χ1v) is 27.7. The molecule has 13 aromatic carbocycles. The number of aromatic nitrogens is 6. The molecule has 3 aromatic heterocycles. The fourth-order valence-electron chi connectivity index (χ4n) is 11.1. The van der Waals surface area contributed by atoms with E-state index in [-0.39, 0.29) is 0 Å². The first kappa shape index (κ1) is 48.8. The van der Waals surface area contributed by atoms with Crippen LogP contribution < -0.4 is 0 Å². The third kappa shape index (κ3) is 9.68. The van der Waals surface area contributed by atoms with Gasteiger partial charge >= 0.3 is 0 Å². The lowest BCUT2D eigenvalue weighted by Crippen LogP contribution is -2.00. The van der Waals surface area contributed by atoms with Crippen LogP contribution >= 0.6 is 0 Å². The zero-order chi connectivity index (χ0) is 55.1. The standard InChI is InChI=1S/C39H25N3.C37H23N3O/c1-3-10-29(11-4-1)37-40-38(30-12-5-2-6-13-30)42-39(41-37)33-22-16-26-15-20-31(23-34(26)24-33)32-21-19-28-18-17-27-9-7-8-14-35(27)36(28)25-32;1-3-10-24(11-4-1)35-38-36(25-12-5-2-6-13-25)40-37(39-35)30-17-9-16-26(20-30)29-18-19-33-31(22-29)32-21-27-14-7-8-15-28(27)23-34(32)41-33/h1-25H;1-23H. The third-order valence-electron chi connectivity index (χ3n) is 15.4. The molecule has 0 fully saturated rings. The van der Waals surface area contributed by atoms with Gasteiger partial charge in [0.25, 0.3) is 0 Å². The van der Waals surface area contributed by atoms with E-state index in [2.05, 4.69) is 170 Å². The van der Waals surface area contributed by atoms with Gasteiger partial charge < -0.3 is 4.42 Å². The summed E-state index contributed by atoms with van der Waals surface area (Å²) in [4.78, 5) is 29.3. The highest BCUT2D eigenvalue weighted by Gasteiger charge is 2.17. The van der Waals surface area contributed by atoms with Crippen molar-refractivity contribution in [1.82, 2.24) is 29.9 Å². The number of furan rings is 1. The molecule has 388 valence electrons. The molecule has 7 heteroatoms. The maximum atomic E-state index is 6.23. The minimum absolute atomic E-state index is 0.640. The van der Waals surface area contributed by atoms with Crippen molar-refractivity contribution in [3.8, 4) is 90.6 Å². The molecule has 3 heterocycles. The lowest BCUT2D eigenvalue weighted by molar-refractivity contribution is 0.669. The second-order valence-corrected chi connectivity index (χ2v) is 20.7. The highest BCUT2D eigenvalue weighted by Crippen LogP contribution is 2.37. The predicted molar refractivity (Wildman–Crippen MR) is 340 cm³/mol. The molecule has 0 aliphatic heterocycles. The van der Waals surface area contributed by atoms with Crippen molar-refractivity contribution < 1.29 is 4.42 Å². The summed E-state index contributed by atoms with van der Waals surface area (Å²) in [6, 6.07) is 101. The minimum atomic E-state index is 0.640. The van der Waals surface area contributed by atoms with Crippen LogP contribution in [-0.4, -0.2) is 29.9 Å². The van der Waals surface area contributed by atoms with E-state index >= 15 is 0 Å². The molecule has 0 radical (unpaired) electrons. The lowest BCUT2D eigenvalue weighted by atomic mass is 9.95. The van der Waals surface area contributed by atoms with Crippen LogP contribution in [0, 0.1) is 0 Å². The summed E-state index contributed by atoms with van der Waals surface area (Å²) in [6.45, 7) is 0.